The maximum atomic E-state index is 13.4. The molecule has 29 heavy (non-hydrogen) atoms. The van der Waals surface area contributed by atoms with Crippen LogP contribution in [0.2, 0.25) is 0 Å². The van der Waals surface area contributed by atoms with Crippen LogP contribution in [0, 0.1) is 5.92 Å². The third-order valence-corrected chi connectivity index (χ3v) is 6.28. The molecule has 0 N–H and O–H groups in total. The van der Waals surface area contributed by atoms with Crippen molar-refractivity contribution in [3.63, 3.8) is 0 Å². The number of hydrogen-bond acceptors (Lipinski definition) is 4. The van der Waals surface area contributed by atoms with Crippen LogP contribution < -0.4 is 11.2 Å². The van der Waals surface area contributed by atoms with Crippen molar-refractivity contribution in [2.24, 2.45) is 25.0 Å². The molecule has 7 heteroatoms. The molecule has 2 aromatic carbocycles. The summed E-state index contributed by atoms with van der Waals surface area (Å²) < 4.78 is 3.32. The first-order valence-corrected chi connectivity index (χ1v) is 9.97. The Morgan fingerprint density at radius 1 is 0.897 bits per heavy atom. The molecule has 1 aliphatic heterocycles. The Bertz CT molecular complexity index is 1370. The van der Waals surface area contributed by atoms with Gasteiger partial charge in [0, 0.05) is 35.6 Å². The molecule has 0 saturated carbocycles. The maximum Gasteiger partial charge on any atom is 0.332 e. The highest BCUT2D eigenvalue weighted by atomic mass is 79.9. The van der Waals surface area contributed by atoms with E-state index in [9.17, 15) is 14.4 Å². The minimum absolute atomic E-state index is 0.0501. The van der Waals surface area contributed by atoms with E-state index in [0.29, 0.717) is 22.7 Å². The van der Waals surface area contributed by atoms with Gasteiger partial charge in [0.1, 0.15) is 5.82 Å². The number of ketones is 1. The van der Waals surface area contributed by atoms with Gasteiger partial charge >= 0.3 is 5.69 Å². The van der Waals surface area contributed by atoms with E-state index in [2.05, 4.69) is 15.9 Å². The van der Waals surface area contributed by atoms with E-state index in [0.717, 1.165) is 20.2 Å². The van der Waals surface area contributed by atoms with Crippen molar-refractivity contribution in [1.29, 1.82) is 0 Å². The molecule has 2 heterocycles. The van der Waals surface area contributed by atoms with Crippen LogP contribution in [0.4, 0.5) is 5.82 Å². The van der Waals surface area contributed by atoms with E-state index in [1.807, 2.05) is 42.5 Å². The molecule has 0 saturated heterocycles. The molecule has 3 aromatic rings. The normalized spacial score (nSPS) is 19.4. The van der Waals surface area contributed by atoms with Gasteiger partial charge in [0.05, 0.1) is 17.2 Å². The first-order valence-electron chi connectivity index (χ1n) is 9.17. The van der Waals surface area contributed by atoms with E-state index in [1.165, 1.54) is 11.6 Å². The molecule has 0 radical (unpaired) electrons. The number of aromatic nitrogens is 2. The Hall–Kier alpha value is -3.06. The predicted molar refractivity (Wildman–Crippen MR) is 113 cm³/mol. The smallest absolute Gasteiger partial charge is 0.293 e. The van der Waals surface area contributed by atoms with Crippen molar-refractivity contribution in [1.82, 2.24) is 9.13 Å². The molecule has 0 fully saturated rings. The van der Waals surface area contributed by atoms with Crippen LogP contribution in [-0.2, 0) is 14.1 Å². The lowest BCUT2D eigenvalue weighted by Gasteiger charge is -2.30. The number of benzene rings is 2. The lowest BCUT2D eigenvalue weighted by atomic mass is 9.76. The van der Waals surface area contributed by atoms with Crippen LogP contribution in [0.3, 0.4) is 0 Å². The molecular weight excluding hydrogens is 434 g/mol. The molecule has 0 spiro atoms. The van der Waals surface area contributed by atoms with Crippen molar-refractivity contribution >= 4 is 33.2 Å². The van der Waals surface area contributed by atoms with Gasteiger partial charge < -0.3 is 0 Å². The van der Waals surface area contributed by atoms with Crippen LogP contribution in [0.15, 0.2) is 67.6 Å². The minimum Gasteiger partial charge on any atom is -0.293 e. The minimum atomic E-state index is -0.598. The topological polar surface area (TPSA) is 73.4 Å². The molecule has 1 aliphatic carbocycles. The van der Waals surface area contributed by atoms with Crippen LogP contribution >= 0.6 is 15.9 Å². The summed E-state index contributed by atoms with van der Waals surface area (Å²) in [5.74, 6) is -0.857. The molecule has 1 aromatic heterocycles. The molecule has 2 atom stereocenters. The third kappa shape index (κ3) is 2.40. The summed E-state index contributed by atoms with van der Waals surface area (Å²) in [5, 5.41) is 0. The second kappa shape index (κ2) is 6.22. The van der Waals surface area contributed by atoms with Crippen LogP contribution in [0.1, 0.15) is 33.0 Å². The summed E-state index contributed by atoms with van der Waals surface area (Å²) >= 11 is 3.49. The molecule has 0 unspecified atom stereocenters. The lowest BCUT2D eigenvalue weighted by molar-refractivity contribution is 0.0953. The van der Waals surface area contributed by atoms with Gasteiger partial charge in [-0.2, -0.15) is 0 Å². The van der Waals surface area contributed by atoms with Gasteiger partial charge in [-0.1, -0.05) is 52.3 Å². The second-order valence-electron chi connectivity index (χ2n) is 7.36. The monoisotopic (exact) mass is 449 g/mol. The number of rotatable bonds is 1. The van der Waals surface area contributed by atoms with E-state index >= 15 is 0 Å². The summed E-state index contributed by atoms with van der Waals surface area (Å²) in [6.07, 6.45) is 0. The van der Waals surface area contributed by atoms with Crippen LogP contribution in [0.25, 0.3) is 0 Å². The van der Waals surface area contributed by atoms with Crippen molar-refractivity contribution in [3.8, 4) is 0 Å². The molecule has 2 aliphatic rings. The quantitative estimate of drug-likeness (QED) is 0.573. The van der Waals surface area contributed by atoms with Gasteiger partial charge in [0.2, 0.25) is 0 Å². The first kappa shape index (κ1) is 18.0. The highest BCUT2D eigenvalue weighted by molar-refractivity contribution is 9.10. The summed E-state index contributed by atoms with van der Waals surface area (Å²) in [4.78, 5) is 43.8. The molecule has 6 nitrogen and oxygen atoms in total. The van der Waals surface area contributed by atoms with Gasteiger partial charge in [-0.25, -0.2) is 9.79 Å². The summed E-state index contributed by atoms with van der Waals surface area (Å²) in [6.45, 7) is 0. The lowest BCUT2D eigenvalue weighted by Crippen LogP contribution is -2.43. The number of fused-ring (bicyclic) bond motifs is 4. The highest BCUT2D eigenvalue weighted by Crippen LogP contribution is 2.46. The third-order valence-electron chi connectivity index (χ3n) is 5.79. The largest absolute Gasteiger partial charge is 0.332 e. The Morgan fingerprint density at radius 3 is 2.34 bits per heavy atom. The number of aliphatic imine (C=N–C) groups is 1. The molecular formula is C22H16BrN3O3. The molecule has 5 rings (SSSR count). The Kier molecular flexibility index (Phi) is 3.86. The predicted octanol–water partition coefficient (Wildman–Crippen LogP) is 2.93. The van der Waals surface area contributed by atoms with Gasteiger partial charge in [0.25, 0.3) is 5.56 Å². The van der Waals surface area contributed by atoms with E-state index in [4.69, 9.17) is 4.99 Å². The Morgan fingerprint density at radius 2 is 1.62 bits per heavy atom. The Balaban J connectivity index is 1.92. The van der Waals surface area contributed by atoms with Crippen LogP contribution in [0.5, 0.6) is 0 Å². The fourth-order valence-corrected chi connectivity index (χ4v) is 4.84. The number of halogens is 1. The van der Waals surface area contributed by atoms with Crippen molar-refractivity contribution < 1.29 is 4.79 Å². The van der Waals surface area contributed by atoms with E-state index in [-0.39, 0.29) is 5.78 Å². The number of Topliss-reactive ketones (excluding diaryl/α,β-unsaturated/α-hetero) is 1. The molecule has 144 valence electrons. The van der Waals surface area contributed by atoms with Gasteiger partial charge in [-0.3, -0.25) is 18.7 Å². The standard InChI is InChI=1S/C22H16BrN3O3/c1-25-20-17(21(28)26(2)22(25)29)15(11-6-5-7-12(23)10-11)16-18(24-20)13-8-3-4-9-14(13)19(16)27/h3-10,15-16H,1-2H3/t15-,16+/m1/s1. The van der Waals surface area contributed by atoms with E-state index < -0.39 is 23.1 Å². The van der Waals surface area contributed by atoms with Crippen molar-refractivity contribution in [3.05, 3.63) is 96.1 Å². The first-order chi connectivity index (χ1) is 13.9. The summed E-state index contributed by atoms with van der Waals surface area (Å²) in [6, 6.07) is 14.9. The van der Waals surface area contributed by atoms with Gasteiger partial charge in [-0.05, 0) is 17.7 Å². The summed E-state index contributed by atoms with van der Waals surface area (Å²) in [5.41, 5.74) is 2.33. The zero-order valence-corrected chi connectivity index (χ0v) is 17.3. The molecule has 0 bridgehead atoms. The number of hydrogen-bond donors (Lipinski definition) is 0. The second-order valence-corrected chi connectivity index (χ2v) is 8.28. The molecule has 0 amide bonds. The summed E-state index contributed by atoms with van der Waals surface area (Å²) in [7, 11) is 3.05. The average molecular weight is 450 g/mol. The zero-order valence-electron chi connectivity index (χ0n) is 15.7. The number of carbonyl (C=O) groups is 1. The fourth-order valence-electron chi connectivity index (χ4n) is 4.43. The highest BCUT2D eigenvalue weighted by Gasteiger charge is 2.47. The van der Waals surface area contributed by atoms with Gasteiger partial charge in [-0.15, -0.1) is 0 Å². The maximum absolute atomic E-state index is 13.4. The van der Waals surface area contributed by atoms with Crippen molar-refractivity contribution in [2.45, 2.75) is 5.92 Å². The Labute approximate surface area is 174 Å². The fraction of sp³-hybridized carbons (Fsp3) is 0.182. The zero-order chi connectivity index (χ0) is 20.4. The van der Waals surface area contributed by atoms with Crippen molar-refractivity contribution in [2.75, 3.05) is 0 Å². The van der Waals surface area contributed by atoms with E-state index in [1.54, 1.807) is 13.1 Å². The SMILES string of the molecule is Cn1c2c(c(=O)n(C)c1=O)[C@H](c1cccc(Br)c1)[C@@H]1C(=O)c3ccccc3C1=N2. The average Bonchev–Trinajstić information content (AvgIpc) is 3.01. The number of nitrogens with zero attached hydrogens (tertiary/aromatic N) is 3. The number of carbonyl (C=O) groups excluding carboxylic acids is 1. The van der Waals surface area contributed by atoms with Crippen LogP contribution in [-0.4, -0.2) is 20.6 Å². The van der Waals surface area contributed by atoms with Gasteiger partial charge in [0.15, 0.2) is 5.78 Å².